The van der Waals surface area contributed by atoms with Gasteiger partial charge in [-0.15, -0.1) is 11.8 Å². The Morgan fingerprint density at radius 1 is 1.00 bits per heavy atom. The van der Waals surface area contributed by atoms with Gasteiger partial charge < -0.3 is 25.4 Å². The minimum atomic E-state index is -1.53. The second kappa shape index (κ2) is 10.3. The van der Waals surface area contributed by atoms with E-state index >= 15 is 0 Å². The van der Waals surface area contributed by atoms with Crippen LogP contribution in [0.3, 0.4) is 0 Å². The van der Waals surface area contributed by atoms with Crippen LogP contribution >= 0.6 is 11.8 Å². The third-order valence-corrected chi connectivity index (χ3v) is 6.98. The number of nitrogens with one attached hydrogen (secondary N) is 1. The molecule has 2 unspecified atom stereocenters. The predicted octanol–water partition coefficient (Wildman–Crippen LogP) is 0.735. The molecule has 0 saturated carbocycles. The zero-order chi connectivity index (χ0) is 25.1. The zero-order valence-corrected chi connectivity index (χ0v) is 19.1. The molecule has 2 aliphatic rings. The van der Waals surface area contributed by atoms with Gasteiger partial charge in [-0.3, -0.25) is 14.5 Å². The fraction of sp³-hybridized carbons (Fsp3) is 0.250. The van der Waals surface area contributed by atoms with Crippen LogP contribution in [-0.4, -0.2) is 67.7 Å². The Hall–Kier alpha value is -3.67. The Bertz CT molecular complexity index is 1170. The molecule has 10 nitrogen and oxygen atoms in total. The highest BCUT2D eigenvalue weighted by Gasteiger charge is 2.54. The lowest BCUT2D eigenvalue weighted by molar-refractivity contribution is -0.154. The summed E-state index contributed by atoms with van der Waals surface area (Å²) in [5, 5.41) is 31.9. The number of aliphatic hydroxyl groups is 2. The first-order chi connectivity index (χ1) is 16.8. The summed E-state index contributed by atoms with van der Waals surface area (Å²) < 4.78 is 5.13. The van der Waals surface area contributed by atoms with E-state index in [1.165, 1.54) is 11.8 Å². The van der Waals surface area contributed by atoms with Crippen LogP contribution in [0.25, 0.3) is 0 Å². The van der Waals surface area contributed by atoms with Crippen LogP contribution in [0.4, 0.5) is 0 Å². The van der Waals surface area contributed by atoms with Crippen LogP contribution in [-0.2, 0) is 23.9 Å². The molecule has 0 aromatic heterocycles. The summed E-state index contributed by atoms with van der Waals surface area (Å²) in [6.45, 7) is -0.419. The monoisotopic (exact) mass is 498 g/mol. The van der Waals surface area contributed by atoms with Crippen molar-refractivity contribution in [1.82, 2.24) is 10.2 Å². The minimum Gasteiger partial charge on any atom is -0.477 e. The number of carboxylic acids is 1. The van der Waals surface area contributed by atoms with Gasteiger partial charge in [0.15, 0.2) is 12.2 Å². The van der Waals surface area contributed by atoms with Crippen molar-refractivity contribution in [2.45, 2.75) is 23.6 Å². The van der Waals surface area contributed by atoms with Gasteiger partial charge in [0.05, 0.1) is 0 Å². The number of fused-ring (bicyclic) bond motifs is 1. The highest BCUT2D eigenvalue weighted by molar-refractivity contribution is 8.00. The largest absolute Gasteiger partial charge is 0.477 e. The van der Waals surface area contributed by atoms with Gasteiger partial charge in [-0.1, -0.05) is 60.7 Å². The lowest BCUT2D eigenvalue weighted by Gasteiger charge is -2.49. The van der Waals surface area contributed by atoms with Crippen molar-refractivity contribution < 1.29 is 39.2 Å². The molecule has 11 heteroatoms. The summed E-state index contributed by atoms with van der Waals surface area (Å²) >= 11 is 1.19. The number of aliphatic carboxylic acids is 1. The quantitative estimate of drug-likeness (QED) is 0.305. The molecule has 4 atom stereocenters. The number of carbonyl (C=O) groups is 4. The van der Waals surface area contributed by atoms with E-state index < -0.39 is 54.0 Å². The number of esters is 1. The number of hydrogen-bond donors (Lipinski definition) is 4. The second-order valence-electron chi connectivity index (χ2n) is 7.89. The van der Waals surface area contributed by atoms with Gasteiger partial charge in [0, 0.05) is 11.3 Å². The normalized spacial score (nSPS) is 20.9. The van der Waals surface area contributed by atoms with E-state index in [-0.39, 0.29) is 17.0 Å². The summed E-state index contributed by atoms with van der Waals surface area (Å²) in [5.74, 6) is -3.63. The van der Waals surface area contributed by atoms with Crippen LogP contribution in [0, 0.1) is 0 Å². The van der Waals surface area contributed by atoms with Gasteiger partial charge in [-0.25, -0.2) is 9.59 Å². The molecule has 4 rings (SSSR count). The third-order valence-electron chi connectivity index (χ3n) is 5.64. The van der Waals surface area contributed by atoms with E-state index in [1.54, 1.807) is 60.7 Å². The summed E-state index contributed by atoms with van der Waals surface area (Å²) in [5.41, 5.74) is 0.555. The number of amides is 2. The van der Waals surface area contributed by atoms with Crippen LogP contribution in [0.15, 0.2) is 71.9 Å². The van der Waals surface area contributed by atoms with Crippen molar-refractivity contribution in [3.63, 3.8) is 0 Å². The Labute approximate surface area is 204 Å². The molecule has 2 aliphatic heterocycles. The van der Waals surface area contributed by atoms with Gasteiger partial charge >= 0.3 is 11.9 Å². The Morgan fingerprint density at radius 2 is 1.57 bits per heavy atom. The Balaban J connectivity index is 1.42. The maximum Gasteiger partial charge on any atom is 0.352 e. The summed E-state index contributed by atoms with van der Waals surface area (Å²) in [6, 6.07) is 15.3. The second-order valence-corrected chi connectivity index (χ2v) is 8.99. The predicted molar refractivity (Wildman–Crippen MR) is 123 cm³/mol. The summed E-state index contributed by atoms with van der Waals surface area (Å²) in [7, 11) is 0. The van der Waals surface area contributed by atoms with Gasteiger partial charge in [-0.05, 0) is 11.1 Å². The molecule has 1 saturated heterocycles. The van der Waals surface area contributed by atoms with Crippen molar-refractivity contribution in [1.29, 1.82) is 0 Å². The van der Waals surface area contributed by atoms with E-state index in [9.17, 15) is 34.5 Å². The molecule has 2 amide bonds. The molecular weight excluding hydrogens is 476 g/mol. The number of carboxylic acid groups (broad SMARTS) is 1. The molecule has 4 N–H and O–H groups in total. The first kappa shape index (κ1) is 24.5. The molecule has 0 aliphatic carbocycles. The number of β-lactam (4-membered cyclic amide) rings is 1. The zero-order valence-electron chi connectivity index (χ0n) is 18.2. The SMILES string of the molecule is O=C(O)C1=C(COC(=O)C(O)c2ccccc2)CS[C@@H]2[C@H](NC(=O)C(O)c3ccccc3)C(=O)N12. The average Bonchev–Trinajstić information content (AvgIpc) is 2.89. The average molecular weight is 499 g/mol. The van der Waals surface area contributed by atoms with Crippen molar-refractivity contribution in [2.75, 3.05) is 12.4 Å². The Morgan fingerprint density at radius 3 is 2.14 bits per heavy atom. The van der Waals surface area contributed by atoms with Crippen LogP contribution in [0.5, 0.6) is 0 Å². The first-order valence-electron chi connectivity index (χ1n) is 10.6. The van der Waals surface area contributed by atoms with E-state index in [2.05, 4.69) is 5.32 Å². The highest BCUT2D eigenvalue weighted by Crippen LogP contribution is 2.40. The Kier molecular flexibility index (Phi) is 7.20. The minimum absolute atomic E-state index is 0.123. The van der Waals surface area contributed by atoms with Gasteiger partial charge in [0.2, 0.25) is 0 Å². The van der Waals surface area contributed by atoms with Crippen molar-refractivity contribution in [3.05, 3.63) is 83.1 Å². The van der Waals surface area contributed by atoms with E-state index in [0.717, 1.165) is 4.90 Å². The van der Waals surface area contributed by atoms with Gasteiger partial charge in [0.1, 0.15) is 23.7 Å². The van der Waals surface area contributed by atoms with Crippen LogP contribution < -0.4 is 5.32 Å². The number of ether oxygens (including phenoxy) is 1. The molecule has 2 aromatic rings. The van der Waals surface area contributed by atoms with E-state index in [4.69, 9.17) is 4.74 Å². The molecule has 0 bridgehead atoms. The van der Waals surface area contributed by atoms with E-state index in [1.807, 2.05) is 0 Å². The molecule has 0 radical (unpaired) electrons. The molecule has 0 spiro atoms. The summed E-state index contributed by atoms with van der Waals surface area (Å²) in [4.78, 5) is 50.4. The fourth-order valence-corrected chi connectivity index (χ4v) is 5.15. The van der Waals surface area contributed by atoms with Crippen molar-refractivity contribution in [3.8, 4) is 0 Å². The van der Waals surface area contributed by atoms with Gasteiger partial charge in [0.25, 0.3) is 11.8 Å². The number of hydrogen-bond acceptors (Lipinski definition) is 8. The standard InChI is InChI=1S/C24H22N2O8S/c27-18(13-7-3-1-4-8-13)20(29)25-16-21(30)26-17(23(31)32)15(12-35-22(16)26)11-34-24(33)19(28)14-9-5-2-6-10-14/h1-10,16,18-19,22,27-28H,11-12H2,(H,25,29)(H,31,32)/t16-,18?,19?,22-/m1/s1. The molecular formula is C24H22N2O8S. The lowest BCUT2D eigenvalue weighted by Crippen LogP contribution is -2.71. The number of rotatable bonds is 8. The topological polar surface area (TPSA) is 153 Å². The molecule has 1 fully saturated rings. The third kappa shape index (κ3) is 4.92. The number of carbonyl (C=O) groups excluding carboxylic acids is 3. The number of benzene rings is 2. The van der Waals surface area contributed by atoms with E-state index in [0.29, 0.717) is 11.1 Å². The van der Waals surface area contributed by atoms with Crippen molar-refractivity contribution >= 4 is 35.5 Å². The molecule has 182 valence electrons. The van der Waals surface area contributed by atoms with Crippen LogP contribution in [0.2, 0.25) is 0 Å². The first-order valence-corrected chi connectivity index (χ1v) is 11.7. The summed E-state index contributed by atoms with van der Waals surface area (Å²) in [6.07, 6.45) is -3.01. The van der Waals surface area contributed by atoms with Gasteiger partial charge in [-0.2, -0.15) is 0 Å². The van der Waals surface area contributed by atoms with Crippen LogP contribution in [0.1, 0.15) is 23.3 Å². The maximum absolute atomic E-state index is 12.8. The smallest absolute Gasteiger partial charge is 0.352 e. The number of thioether (sulfide) groups is 1. The number of nitrogens with zero attached hydrogens (tertiary/aromatic N) is 1. The molecule has 35 heavy (non-hydrogen) atoms. The highest BCUT2D eigenvalue weighted by atomic mass is 32.2. The van der Waals surface area contributed by atoms with Crippen molar-refractivity contribution in [2.24, 2.45) is 0 Å². The number of aliphatic hydroxyl groups excluding tert-OH is 2. The fourth-order valence-electron chi connectivity index (χ4n) is 3.82. The lowest BCUT2D eigenvalue weighted by atomic mass is 10.0. The maximum atomic E-state index is 12.8. The molecule has 2 heterocycles. The molecule has 2 aromatic carbocycles.